The van der Waals surface area contributed by atoms with Crippen LogP contribution in [0.15, 0.2) is 291 Å². The minimum atomic E-state index is -4.19. The van der Waals surface area contributed by atoms with Gasteiger partial charge in [0.2, 0.25) is 0 Å². The summed E-state index contributed by atoms with van der Waals surface area (Å²) in [5.74, 6) is 4.99. The summed E-state index contributed by atoms with van der Waals surface area (Å²) in [6.45, 7) is 23.6. The van der Waals surface area contributed by atoms with E-state index in [4.69, 9.17) is 72.9 Å². The molecule has 570 valence electrons. The molecule has 0 aliphatic carbocycles. The van der Waals surface area contributed by atoms with Gasteiger partial charge in [-0.1, -0.05) is 207 Å². The monoisotopic (exact) mass is 1690 g/mol. The summed E-state index contributed by atoms with van der Waals surface area (Å²) < 4.78 is 151. The molecule has 0 spiro atoms. The average Bonchev–Trinajstić information content (AvgIpc) is 0.845. The van der Waals surface area contributed by atoms with Gasteiger partial charge in [-0.25, -0.2) is 0 Å². The fourth-order valence-electron chi connectivity index (χ4n) is 9.04. The van der Waals surface area contributed by atoms with Crippen molar-refractivity contribution in [2.24, 2.45) is 0 Å². The molecule has 0 amide bonds. The van der Waals surface area contributed by atoms with E-state index in [1.165, 1.54) is 0 Å². The Bertz CT molecular complexity index is 4210. The maximum atomic E-state index is 13.3. The zero-order valence-corrected chi connectivity index (χ0v) is 71.2. The maximum absolute atomic E-state index is 13.3. The van der Waals surface area contributed by atoms with E-state index in [-0.39, 0.29) is 27.3 Å². The van der Waals surface area contributed by atoms with Gasteiger partial charge >= 0.3 is 87.5 Å². The van der Waals surface area contributed by atoms with Crippen molar-refractivity contribution in [3.8, 4) is 69.0 Å². The van der Waals surface area contributed by atoms with E-state index in [0.29, 0.717) is 69.0 Å². The molecule has 0 saturated heterocycles. The van der Waals surface area contributed by atoms with Crippen LogP contribution >= 0.6 is 31.3 Å². The second-order valence-electron chi connectivity index (χ2n) is 25.1. The van der Waals surface area contributed by atoms with Crippen LogP contribution in [0.2, 0.25) is 0 Å². The van der Waals surface area contributed by atoms with Gasteiger partial charge in [0.05, 0.1) is 0 Å². The Kier molecular flexibility index (Phi) is 32.8. The summed E-state index contributed by atoms with van der Waals surface area (Å²) in [6.07, 6.45) is 0. The van der Waals surface area contributed by atoms with Gasteiger partial charge in [0.15, 0.2) is 0 Å². The Hall–Kier alpha value is -9.79. The topological polar surface area (TPSA) is 263 Å². The van der Waals surface area contributed by atoms with E-state index in [1.54, 1.807) is 146 Å². The molecule has 0 atom stereocenters. The Morgan fingerprint density at radius 2 is 0.309 bits per heavy atom. The van der Waals surface area contributed by atoms with E-state index in [1.807, 2.05) is 229 Å². The summed E-state index contributed by atoms with van der Waals surface area (Å²) in [5.41, 5.74) is 12.8. The van der Waals surface area contributed by atoms with Crippen LogP contribution in [0.1, 0.15) is 66.8 Å². The summed E-state index contributed by atoms with van der Waals surface area (Å²) in [6, 6.07) is 86.6. The number of hydrogen-bond acceptors (Lipinski definition) is 20. The number of aryl methyl sites for hydroxylation is 12. The molecule has 0 fully saturated rings. The second kappa shape index (κ2) is 41.3. The first-order valence-corrected chi connectivity index (χ1v) is 41.1. The number of halogens is 1. The molecule has 110 heavy (non-hydrogen) atoms. The zero-order valence-electron chi connectivity index (χ0n) is 62.9. The van der Waals surface area contributed by atoms with Crippen LogP contribution < -0.4 is 58.9 Å². The van der Waals surface area contributed by atoms with Crippen molar-refractivity contribution in [3.05, 3.63) is 358 Å². The van der Waals surface area contributed by atoms with Gasteiger partial charge in [-0.3, -0.25) is 0 Å². The molecule has 12 aromatic carbocycles. The Labute approximate surface area is 665 Å². The number of phosphoric acid groups is 4. The Morgan fingerprint density at radius 3 is 0.418 bits per heavy atom. The van der Waals surface area contributed by atoms with Crippen molar-refractivity contribution in [2.75, 3.05) is 0 Å². The van der Waals surface area contributed by atoms with Gasteiger partial charge < -0.3 is 54.3 Å². The van der Waals surface area contributed by atoms with Crippen molar-refractivity contribution in [1.29, 1.82) is 0 Å². The van der Waals surface area contributed by atoms with E-state index in [9.17, 15) is 18.3 Å². The van der Waals surface area contributed by atoms with Gasteiger partial charge in [-0.15, -0.1) is 0 Å². The van der Waals surface area contributed by atoms with Crippen molar-refractivity contribution >= 4 is 31.3 Å². The minimum absolute atomic E-state index is 0. The molecule has 3 N–H and O–H groups in total. The summed E-state index contributed by atoms with van der Waals surface area (Å²) >= 11 is 0. The molecule has 12 rings (SSSR count). The molecule has 0 heterocycles. The first-order valence-electron chi connectivity index (χ1n) is 33.9. The summed E-state index contributed by atoms with van der Waals surface area (Å²) in [4.78, 5) is 0. The molecule has 0 bridgehead atoms. The quantitative estimate of drug-likeness (QED) is 0.0375. The van der Waals surface area contributed by atoms with Crippen LogP contribution in [0.3, 0.4) is 0 Å². The molecule has 26 heteroatoms. The average molecular weight is 1690 g/mol. The number of phosphoric ester groups is 4. The molecule has 0 aromatic heterocycles. The molecule has 0 saturated carbocycles. The van der Waals surface area contributed by atoms with Gasteiger partial charge in [0.1, 0.15) is 69.0 Å². The van der Waals surface area contributed by atoms with Gasteiger partial charge in [0.25, 0.3) is 0 Å². The van der Waals surface area contributed by atoms with Gasteiger partial charge in [-0.05, 0) is 234 Å². The first kappa shape index (κ1) is 87.4. The molecule has 0 aliphatic heterocycles. The second-order valence-corrected chi connectivity index (χ2v) is 31.7. The number of benzene rings is 12. The molecular weight excluding hydrogens is 1600 g/mol. The van der Waals surface area contributed by atoms with E-state index >= 15 is 0 Å². The Balaban J connectivity index is 0.000000199. The summed E-state index contributed by atoms with van der Waals surface area (Å²) in [7, 11) is -19.9. The van der Waals surface area contributed by atoms with Gasteiger partial charge in [-0.2, -0.15) is 18.3 Å². The van der Waals surface area contributed by atoms with Crippen LogP contribution in [0.25, 0.3) is 0 Å². The fraction of sp³-hybridized carbons (Fsp3) is 0.143. The molecular formula is C84H87CdClO20P4+2. The third kappa shape index (κ3) is 32.0. The molecule has 0 radical (unpaired) electrons. The van der Waals surface area contributed by atoms with Crippen LogP contribution in [0, 0.1) is 93.3 Å². The predicted molar refractivity (Wildman–Crippen MR) is 419 cm³/mol. The van der Waals surface area contributed by atoms with Crippen LogP contribution in [-0.4, -0.2) is 14.0 Å². The van der Waals surface area contributed by atoms with E-state index in [0.717, 1.165) is 66.8 Å². The zero-order chi connectivity index (χ0) is 78.8. The first-order chi connectivity index (χ1) is 51.7. The summed E-state index contributed by atoms with van der Waals surface area (Å²) in [5, 5.41) is 0. The van der Waals surface area contributed by atoms with Crippen molar-refractivity contribution < 1.29 is 129 Å². The van der Waals surface area contributed by atoms with E-state index in [2.05, 4.69) is 0 Å². The fourth-order valence-corrected chi connectivity index (χ4v) is 14.0. The van der Waals surface area contributed by atoms with Crippen molar-refractivity contribution in [3.63, 3.8) is 0 Å². The van der Waals surface area contributed by atoms with Crippen LogP contribution in [0.4, 0.5) is 0 Å². The van der Waals surface area contributed by atoms with Crippen LogP contribution in [0.5, 0.6) is 69.0 Å². The van der Waals surface area contributed by atoms with Gasteiger partial charge in [0, 0.05) is 0 Å². The van der Waals surface area contributed by atoms with Crippen molar-refractivity contribution in [2.45, 2.75) is 83.1 Å². The molecule has 20 nitrogen and oxygen atoms in total. The van der Waals surface area contributed by atoms with Crippen molar-refractivity contribution in [1.82, 2.24) is 0 Å². The standard InChI is InChI=1S/4C21H21O4P.Cd.ClH3O4/c3*1-16-4-10-19(11-5-16)23-26(22,24-20-12-6-17(2)7-13-20)25-21-14-8-18(3)9-15-21;1-16-7-11-19(12-8-16)23-26(22,24-20-13-9-17(2)10-14-20)25-21-6-4-5-18(3)15-21;;2-1(3,4)5/h4*4-15H,1-3H3;;2-4H/q;;;;+2;. The number of rotatable bonds is 24. The molecule has 12 aromatic rings. The SMILES string of the molecule is Cc1ccc(OP(=O)(Oc2ccc(C)cc2)Oc2ccc(C)cc2)cc1.Cc1ccc(OP(=O)(Oc2ccc(C)cc2)Oc2ccc(C)cc2)cc1.Cc1ccc(OP(=O)(Oc2ccc(C)cc2)Oc2ccc(C)cc2)cc1.Cc1ccc(OP(=O)(Oc2ccc(C)cc2)Oc2cccc(C)c2)cc1.[Cd+2].[O-][Cl+](O)(O)O. The predicted octanol–water partition coefficient (Wildman–Crippen LogP) is 22.2. The Morgan fingerprint density at radius 1 is 0.200 bits per heavy atom. The molecule has 0 unspecified atom stereocenters. The molecule has 0 aliphatic rings. The normalized spacial score (nSPS) is 11.1. The van der Waals surface area contributed by atoms with E-state index < -0.39 is 41.5 Å². The third-order valence-corrected chi connectivity index (χ3v) is 20.0. The number of hydrogen-bond donors (Lipinski definition) is 3. The van der Waals surface area contributed by atoms with Crippen LogP contribution in [-0.2, 0) is 45.6 Å². The third-order valence-electron chi connectivity index (χ3n) is 14.8.